The van der Waals surface area contributed by atoms with E-state index in [4.69, 9.17) is 4.42 Å². The van der Waals surface area contributed by atoms with Gasteiger partial charge in [0.2, 0.25) is 5.76 Å². The number of rotatable bonds is 6. The van der Waals surface area contributed by atoms with Crippen LogP contribution in [-0.2, 0) is 4.74 Å². The fourth-order valence-corrected chi connectivity index (χ4v) is 1.59. The Hall–Kier alpha value is -0.940. The van der Waals surface area contributed by atoms with Crippen molar-refractivity contribution >= 4 is 17.7 Å². The molecule has 2 unspecified atom stereocenters. The number of carbonyl (C=O) groups is 1. The predicted octanol–water partition coefficient (Wildman–Crippen LogP) is 2.47. The van der Waals surface area contributed by atoms with Crippen LogP contribution in [0.3, 0.4) is 0 Å². The second-order valence-electron chi connectivity index (χ2n) is 3.87. The number of thioether (sulfide) groups is 1. The molecular weight excluding hydrogens is 238 g/mol. The summed E-state index contributed by atoms with van der Waals surface area (Å²) in [7, 11) is 1.34. The molecule has 5 heteroatoms. The van der Waals surface area contributed by atoms with Crippen molar-refractivity contribution in [3.63, 3.8) is 0 Å². The van der Waals surface area contributed by atoms with Gasteiger partial charge in [-0.2, -0.15) is 11.8 Å². The van der Waals surface area contributed by atoms with Crippen molar-refractivity contribution in [1.29, 1.82) is 0 Å². The Morgan fingerprint density at radius 2 is 2.24 bits per heavy atom. The van der Waals surface area contributed by atoms with Gasteiger partial charge in [0.25, 0.3) is 0 Å². The molecule has 0 fully saturated rings. The van der Waals surface area contributed by atoms with Crippen LogP contribution in [0.2, 0.25) is 0 Å². The third-order valence-corrected chi connectivity index (χ3v) is 3.53. The van der Waals surface area contributed by atoms with E-state index in [1.807, 2.05) is 18.7 Å². The summed E-state index contributed by atoms with van der Waals surface area (Å²) in [6, 6.07) is 3.52. The van der Waals surface area contributed by atoms with E-state index in [0.29, 0.717) is 5.25 Å². The highest BCUT2D eigenvalue weighted by atomic mass is 32.2. The van der Waals surface area contributed by atoms with Crippen LogP contribution in [0.1, 0.15) is 36.2 Å². The first kappa shape index (κ1) is 14.1. The van der Waals surface area contributed by atoms with Gasteiger partial charge in [-0.05, 0) is 25.3 Å². The molecule has 0 aliphatic rings. The largest absolute Gasteiger partial charge is 0.463 e. The first-order chi connectivity index (χ1) is 8.08. The summed E-state index contributed by atoms with van der Waals surface area (Å²) in [6.45, 7) is 5.07. The van der Waals surface area contributed by atoms with Gasteiger partial charge in [0.1, 0.15) is 5.76 Å². The zero-order chi connectivity index (χ0) is 12.8. The zero-order valence-electron chi connectivity index (χ0n) is 10.6. The van der Waals surface area contributed by atoms with Crippen molar-refractivity contribution in [2.75, 3.05) is 19.9 Å². The van der Waals surface area contributed by atoms with E-state index in [2.05, 4.69) is 23.2 Å². The zero-order valence-corrected chi connectivity index (χ0v) is 11.5. The first-order valence-electron chi connectivity index (χ1n) is 5.52. The summed E-state index contributed by atoms with van der Waals surface area (Å²) < 4.78 is 10.0. The number of ether oxygens (including phenoxy) is 1. The monoisotopic (exact) mass is 257 g/mol. The van der Waals surface area contributed by atoms with Crippen molar-refractivity contribution < 1.29 is 13.9 Å². The van der Waals surface area contributed by atoms with Gasteiger partial charge in [-0.1, -0.05) is 6.92 Å². The Kier molecular flexibility index (Phi) is 5.58. The van der Waals surface area contributed by atoms with Crippen molar-refractivity contribution in [1.82, 2.24) is 5.32 Å². The normalized spacial score (nSPS) is 14.4. The minimum Gasteiger partial charge on any atom is -0.463 e. The van der Waals surface area contributed by atoms with Crippen molar-refractivity contribution in [2.45, 2.75) is 25.1 Å². The van der Waals surface area contributed by atoms with Crippen LogP contribution in [-0.4, -0.2) is 31.1 Å². The maximum Gasteiger partial charge on any atom is 0.373 e. The SMILES string of the molecule is COC(=O)c1ccc(C(C)NCC(C)SC)o1. The topological polar surface area (TPSA) is 51.5 Å². The fraction of sp³-hybridized carbons (Fsp3) is 0.583. The van der Waals surface area contributed by atoms with Crippen molar-refractivity contribution in [3.05, 3.63) is 23.7 Å². The van der Waals surface area contributed by atoms with Gasteiger partial charge in [-0.3, -0.25) is 0 Å². The number of carbonyl (C=O) groups excluding carboxylic acids is 1. The van der Waals surface area contributed by atoms with Crippen LogP contribution in [0.15, 0.2) is 16.5 Å². The predicted molar refractivity (Wildman–Crippen MR) is 69.4 cm³/mol. The number of methoxy groups -OCH3 is 1. The highest BCUT2D eigenvalue weighted by Crippen LogP contribution is 2.17. The molecule has 0 amide bonds. The van der Waals surface area contributed by atoms with Crippen LogP contribution in [0.25, 0.3) is 0 Å². The highest BCUT2D eigenvalue weighted by molar-refractivity contribution is 7.99. The van der Waals surface area contributed by atoms with Crippen LogP contribution < -0.4 is 5.32 Å². The molecule has 0 spiro atoms. The van der Waals surface area contributed by atoms with Gasteiger partial charge in [0.15, 0.2) is 0 Å². The minimum atomic E-state index is -0.444. The molecule has 1 aromatic heterocycles. The van der Waals surface area contributed by atoms with Gasteiger partial charge >= 0.3 is 5.97 Å². The summed E-state index contributed by atoms with van der Waals surface area (Å²) >= 11 is 1.81. The van der Waals surface area contributed by atoms with E-state index in [9.17, 15) is 4.79 Å². The summed E-state index contributed by atoms with van der Waals surface area (Å²) in [5, 5.41) is 3.90. The molecule has 0 aliphatic heterocycles. The van der Waals surface area contributed by atoms with Crippen LogP contribution in [0.5, 0.6) is 0 Å². The Balaban J connectivity index is 2.54. The molecule has 1 N–H and O–H groups in total. The lowest BCUT2D eigenvalue weighted by Crippen LogP contribution is -2.25. The number of nitrogens with one attached hydrogen (secondary N) is 1. The molecule has 1 rings (SSSR count). The molecule has 0 saturated heterocycles. The highest BCUT2D eigenvalue weighted by Gasteiger charge is 2.15. The average Bonchev–Trinajstić information content (AvgIpc) is 2.83. The molecule has 0 aromatic carbocycles. The van der Waals surface area contributed by atoms with Gasteiger partial charge in [-0.25, -0.2) is 4.79 Å². The summed E-state index contributed by atoms with van der Waals surface area (Å²) in [5.74, 6) is 0.550. The molecule has 17 heavy (non-hydrogen) atoms. The second kappa shape index (κ2) is 6.71. The molecule has 0 saturated carbocycles. The Morgan fingerprint density at radius 1 is 1.53 bits per heavy atom. The van der Waals surface area contributed by atoms with Gasteiger partial charge < -0.3 is 14.5 Å². The molecule has 0 aliphatic carbocycles. The van der Waals surface area contributed by atoms with Crippen LogP contribution >= 0.6 is 11.8 Å². The number of furan rings is 1. The lowest BCUT2D eigenvalue weighted by Gasteiger charge is -2.14. The van der Waals surface area contributed by atoms with E-state index in [0.717, 1.165) is 12.3 Å². The molecule has 1 aromatic rings. The van der Waals surface area contributed by atoms with E-state index >= 15 is 0 Å². The Labute approximate surface area is 106 Å². The number of hydrogen-bond acceptors (Lipinski definition) is 5. The fourth-order valence-electron chi connectivity index (χ4n) is 1.32. The Bertz CT molecular complexity index is 364. The smallest absolute Gasteiger partial charge is 0.373 e. The van der Waals surface area contributed by atoms with Crippen LogP contribution in [0, 0.1) is 0 Å². The third kappa shape index (κ3) is 4.09. The number of hydrogen-bond donors (Lipinski definition) is 1. The summed E-state index contributed by atoms with van der Waals surface area (Å²) in [5.41, 5.74) is 0. The first-order valence-corrected chi connectivity index (χ1v) is 6.81. The average molecular weight is 257 g/mol. The lowest BCUT2D eigenvalue weighted by molar-refractivity contribution is 0.0562. The molecule has 0 radical (unpaired) electrons. The molecule has 4 nitrogen and oxygen atoms in total. The molecule has 1 heterocycles. The van der Waals surface area contributed by atoms with E-state index in [1.54, 1.807) is 12.1 Å². The molecule has 2 atom stereocenters. The Morgan fingerprint density at radius 3 is 2.82 bits per heavy atom. The quantitative estimate of drug-likeness (QED) is 0.793. The van der Waals surface area contributed by atoms with Crippen molar-refractivity contribution in [3.8, 4) is 0 Å². The van der Waals surface area contributed by atoms with E-state index in [-0.39, 0.29) is 11.8 Å². The van der Waals surface area contributed by atoms with Gasteiger partial charge in [-0.15, -0.1) is 0 Å². The van der Waals surface area contributed by atoms with E-state index < -0.39 is 5.97 Å². The second-order valence-corrected chi connectivity index (χ2v) is 5.15. The maximum atomic E-state index is 11.2. The summed E-state index contributed by atoms with van der Waals surface area (Å²) in [6.07, 6.45) is 2.08. The maximum absolute atomic E-state index is 11.2. The van der Waals surface area contributed by atoms with Crippen molar-refractivity contribution in [2.24, 2.45) is 0 Å². The standard InChI is InChI=1S/C12H19NO3S/c1-8(17-4)7-13-9(2)10-5-6-11(16-10)12(14)15-3/h5-6,8-9,13H,7H2,1-4H3. The third-order valence-electron chi connectivity index (χ3n) is 2.55. The molecular formula is C12H19NO3S. The van der Waals surface area contributed by atoms with Gasteiger partial charge in [0.05, 0.1) is 13.2 Å². The van der Waals surface area contributed by atoms with Gasteiger partial charge in [0, 0.05) is 11.8 Å². The van der Waals surface area contributed by atoms with Crippen LogP contribution in [0.4, 0.5) is 0 Å². The molecule has 96 valence electrons. The number of esters is 1. The molecule has 0 bridgehead atoms. The minimum absolute atomic E-state index is 0.0861. The summed E-state index contributed by atoms with van der Waals surface area (Å²) in [4.78, 5) is 11.2. The lowest BCUT2D eigenvalue weighted by atomic mass is 10.2. The van der Waals surface area contributed by atoms with E-state index in [1.165, 1.54) is 7.11 Å².